The molecule has 0 aliphatic rings. The van der Waals surface area contributed by atoms with E-state index in [1.165, 1.54) is 6.08 Å². The number of para-hydroxylation sites is 1. The van der Waals surface area contributed by atoms with Crippen molar-refractivity contribution in [2.45, 2.75) is 33.0 Å². The van der Waals surface area contributed by atoms with Gasteiger partial charge >= 0.3 is 33.9 Å². The number of ether oxygens (including phenoxy) is 2. The number of methoxy groups -OCH3 is 1. The van der Waals surface area contributed by atoms with Gasteiger partial charge in [0.1, 0.15) is 5.75 Å². The summed E-state index contributed by atoms with van der Waals surface area (Å²) >= 11 is 0. The van der Waals surface area contributed by atoms with Crippen LogP contribution in [0.3, 0.4) is 0 Å². The van der Waals surface area contributed by atoms with Crippen molar-refractivity contribution in [3.8, 4) is 5.75 Å². The SMILES string of the molecule is C/C=C/C=C/C(=O)[C@@H](C)[C@H](O)CCOCc1ccccc1OC.[C-]#[O+].[C-]#[O+].[C-]#[O+].[Fe]. The maximum Gasteiger partial charge on any atom is 0 e. The van der Waals surface area contributed by atoms with E-state index in [-0.39, 0.29) is 22.9 Å². The molecule has 0 saturated carbocycles. The van der Waals surface area contributed by atoms with Crippen LogP contribution in [0.5, 0.6) is 5.75 Å². The van der Waals surface area contributed by atoms with E-state index >= 15 is 0 Å². The summed E-state index contributed by atoms with van der Waals surface area (Å²) in [6, 6.07) is 7.65. The average Bonchev–Trinajstić information content (AvgIpc) is 2.80. The molecule has 0 radical (unpaired) electrons. The molecule has 0 amide bonds. The minimum atomic E-state index is -0.713. The van der Waals surface area contributed by atoms with Crippen LogP contribution < -0.4 is 4.74 Å². The molecule has 8 heteroatoms. The summed E-state index contributed by atoms with van der Waals surface area (Å²) in [6.07, 6.45) is 6.51. The van der Waals surface area contributed by atoms with Gasteiger partial charge in [0.25, 0.3) is 0 Å². The van der Waals surface area contributed by atoms with Gasteiger partial charge in [0.2, 0.25) is 0 Å². The molecule has 30 heavy (non-hydrogen) atoms. The van der Waals surface area contributed by atoms with Gasteiger partial charge in [-0.05, 0) is 25.5 Å². The first kappa shape index (κ1) is 35.3. The van der Waals surface area contributed by atoms with Crippen molar-refractivity contribution in [3.05, 3.63) is 74.1 Å². The Balaban J connectivity index is -0.000000441. The van der Waals surface area contributed by atoms with Crippen molar-refractivity contribution in [2.24, 2.45) is 5.92 Å². The molecule has 0 bridgehead atoms. The zero-order valence-corrected chi connectivity index (χ0v) is 18.2. The molecule has 1 N–H and O–H groups in total. The third kappa shape index (κ3) is 16.8. The van der Waals surface area contributed by atoms with E-state index in [9.17, 15) is 9.90 Å². The minimum Gasteiger partial charge on any atom is 0 e. The van der Waals surface area contributed by atoms with Crippen molar-refractivity contribution in [1.29, 1.82) is 0 Å². The Morgan fingerprint density at radius 1 is 1.13 bits per heavy atom. The van der Waals surface area contributed by atoms with Crippen LogP contribution in [0.4, 0.5) is 0 Å². The molecule has 164 valence electrons. The molecule has 2 atom stereocenters. The minimum absolute atomic E-state index is 0. The van der Waals surface area contributed by atoms with E-state index in [2.05, 4.69) is 20.0 Å². The van der Waals surface area contributed by atoms with Crippen molar-refractivity contribution >= 4 is 5.78 Å². The molecular weight excluding hydrogens is 432 g/mol. The topological polar surface area (TPSA) is 115 Å². The number of aliphatic hydroxyl groups excluding tert-OH is 1. The van der Waals surface area contributed by atoms with Crippen LogP contribution in [0.2, 0.25) is 0 Å². The van der Waals surface area contributed by atoms with Crippen LogP contribution in [0.1, 0.15) is 25.8 Å². The molecule has 0 fully saturated rings. The molecule has 0 heterocycles. The number of benzene rings is 1. The fourth-order valence-electron chi connectivity index (χ4n) is 2.06. The third-order valence-corrected chi connectivity index (χ3v) is 3.60. The van der Waals surface area contributed by atoms with Gasteiger partial charge in [-0.25, -0.2) is 0 Å². The van der Waals surface area contributed by atoms with Crippen molar-refractivity contribution < 1.29 is 50.4 Å². The van der Waals surface area contributed by atoms with Crippen molar-refractivity contribution in [3.63, 3.8) is 0 Å². The Labute approximate surface area is 188 Å². The number of allylic oxidation sites excluding steroid dienone is 4. The van der Waals surface area contributed by atoms with Crippen LogP contribution >= 0.6 is 0 Å². The number of aliphatic hydroxyl groups is 1. The fourth-order valence-corrected chi connectivity index (χ4v) is 2.06. The molecule has 0 aromatic heterocycles. The number of hydrogen-bond acceptors (Lipinski definition) is 4. The Kier molecular flexibility index (Phi) is 31.5. The van der Waals surface area contributed by atoms with Gasteiger partial charge in [0, 0.05) is 35.2 Å². The summed E-state index contributed by atoms with van der Waals surface area (Å²) in [5.41, 5.74) is 0.961. The molecule has 7 nitrogen and oxygen atoms in total. The quantitative estimate of drug-likeness (QED) is 0.145. The van der Waals surface area contributed by atoms with Crippen LogP contribution in [-0.2, 0) is 47.2 Å². The van der Waals surface area contributed by atoms with E-state index in [1.807, 2.05) is 37.3 Å². The van der Waals surface area contributed by atoms with E-state index in [4.69, 9.17) is 23.4 Å². The van der Waals surface area contributed by atoms with Crippen molar-refractivity contribution in [2.75, 3.05) is 13.7 Å². The fraction of sp³-hybridized carbons (Fsp3) is 0.364. The number of carbonyl (C=O) groups is 1. The molecule has 1 rings (SSSR count). The summed E-state index contributed by atoms with van der Waals surface area (Å²) in [6.45, 7) is 17.9. The molecule has 1 aromatic carbocycles. The predicted molar refractivity (Wildman–Crippen MR) is 103 cm³/mol. The Morgan fingerprint density at radius 2 is 1.70 bits per heavy atom. The Hall–Kier alpha value is -2.17. The third-order valence-electron chi connectivity index (χ3n) is 3.60. The average molecular weight is 458 g/mol. The van der Waals surface area contributed by atoms with Gasteiger partial charge < -0.3 is 14.6 Å². The largest absolute Gasteiger partial charge is 0 e. The maximum atomic E-state index is 11.9. The van der Waals surface area contributed by atoms with Crippen LogP contribution in [0.25, 0.3) is 0 Å². The van der Waals surface area contributed by atoms with Crippen LogP contribution in [0, 0.1) is 25.9 Å². The van der Waals surface area contributed by atoms with E-state index in [0.29, 0.717) is 19.6 Å². The van der Waals surface area contributed by atoms with Gasteiger partial charge in [0.15, 0.2) is 5.78 Å². The normalized spacial score (nSPS) is 11.1. The van der Waals surface area contributed by atoms with E-state index in [0.717, 1.165) is 11.3 Å². The molecule has 1 aromatic rings. The second kappa shape index (κ2) is 26.8. The van der Waals surface area contributed by atoms with Gasteiger partial charge in [-0.2, -0.15) is 0 Å². The van der Waals surface area contributed by atoms with Crippen LogP contribution in [0.15, 0.2) is 48.6 Å². The number of carbonyl (C=O) groups excluding carboxylic acids is 1. The summed E-state index contributed by atoms with van der Waals surface area (Å²) in [4.78, 5) is 11.9. The predicted octanol–water partition coefficient (Wildman–Crippen LogP) is 3.19. The second-order valence-corrected chi connectivity index (χ2v) is 5.30. The monoisotopic (exact) mass is 458 g/mol. The molecule has 0 saturated heterocycles. The Morgan fingerprint density at radius 3 is 2.23 bits per heavy atom. The zero-order chi connectivity index (χ0) is 23.1. The van der Waals surface area contributed by atoms with Crippen molar-refractivity contribution in [1.82, 2.24) is 0 Å². The molecular formula is C22H26FeO7. The van der Waals surface area contributed by atoms with Gasteiger partial charge in [-0.15, -0.1) is 0 Å². The molecule has 0 unspecified atom stereocenters. The first-order chi connectivity index (χ1) is 14.1. The van der Waals surface area contributed by atoms with Gasteiger partial charge in [-0.1, -0.05) is 43.4 Å². The number of rotatable bonds is 10. The van der Waals surface area contributed by atoms with Crippen LogP contribution in [-0.4, -0.2) is 30.7 Å². The summed E-state index contributed by atoms with van der Waals surface area (Å²) in [5, 5.41) is 10.1. The summed E-state index contributed by atoms with van der Waals surface area (Å²) in [7, 11) is 1.62. The first-order valence-electron chi connectivity index (χ1n) is 8.42. The van der Waals surface area contributed by atoms with Gasteiger partial charge in [0.05, 0.1) is 19.8 Å². The zero-order valence-electron chi connectivity index (χ0n) is 17.1. The second-order valence-electron chi connectivity index (χ2n) is 5.30. The van der Waals surface area contributed by atoms with E-state index in [1.54, 1.807) is 26.2 Å². The first-order valence-corrected chi connectivity index (χ1v) is 8.42. The number of ketones is 1. The standard InChI is InChI=1S/C19H26O4.3CO.Fe/c1-4-5-6-10-17(20)15(2)18(21)12-13-23-14-16-9-7-8-11-19(16)22-3;3*1-2;/h4-11,15,18,21H,12-14H2,1-3H3;;;;/b5-4+,10-6+;;;;/t15-,18-;;;;/m1..../s1. The maximum absolute atomic E-state index is 11.9. The van der Waals surface area contributed by atoms with Gasteiger partial charge in [-0.3, -0.25) is 4.79 Å². The smallest absolute Gasteiger partial charge is 0 e. The Bertz CT molecular complexity index is 649. The summed E-state index contributed by atoms with van der Waals surface area (Å²) < 4.78 is 33.3. The molecule has 0 spiro atoms. The molecule has 0 aliphatic heterocycles. The number of hydrogen-bond donors (Lipinski definition) is 1. The van der Waals surface area contributed by atoms with E-state index < -0.39 is 12.0 Å². The molecule has 0 aliphatic carbocycles. The summed E-state index contributed by atoms with van der Waals surface area (Å²) in [5.74, 6) is 0.261.